The molecule has 0 N–H and O–H groups in total. The van der Waals surface area contributed by atoms with Gasteiger partial charge >= 0.3 is 0 Å². The first kappa shape index (κ1) is 15.0. The fourth-order valence-corrected chi connectivity index (χ4v) is 3.27. The third kappa shape index (κ3) is 2.51. The van der Waals surface area contributed by atoms with Crippen molar-refractivity contribution >= 4 is 21.7 Å². The predicted octanol–water partition coefficient (Wildman–Crippen LogP) is 4.78. The molecule has 0 saturated carbocycles. The molecule has 0 spiro atoms. The Labute approximate surface area is 148 Å². The molecular weight excluding hydrogens is 366 g/mol. The number of methoxy groups -OCH3 is 1. The van der Waals surface area contributed by atoms with Gasteiger partial charge in [0.2, 0.25) is 5.78 Å². The monoisotopic (exact) mass is 381 g/mol. The maximum atomic E-state index is 5.23. The molecule has 2 heterocycles. The number of halogens is 1. The van der Waals surface area contributed by atoms with Crippen LogP contribution in [0.15, 0.2) is 65.4 Å². The lowest BCUT2D eigenvalue weighted by Gasteiger charge is -2.04. The minimum atomic E-state index is 0.856. The highest BCUT2D eigenvalue weighted by Gasteiger charge is 2.12. The number of benzene rings is 2. The van der Waals surface area contributed by atoms with Crippen molar-refractivity contribution in [2.75, 3.05) is 7.11 Å². The minimum Gasteiger partial charge on any atom is -0.497 e. The van der Waals surface area contributed by atoms with E-state index in [0.29, 0.717) is 0 Å². The molecule has 5 heteroatoms. The summed E-state index contributed by atoms with van der Waals surface area (Å²) in [7, 11) is 3.71. The highest BCUT2D eigenvalue weighted by molar-refractivity contribution is 9.10. The first-order chi connectivity index (χ1) is 11.7. The van der Waals surface area contributed by atoms with Gasteiger partial charge in [-0.3, -0.25) is 4.40 Å². The second-order valence-corrected chi connectivity index (χ2v) is 6.56. The van der Waals surface area contributed by atoms with Crippen molar-refractivity contribution in [1.29, 1.82) is 0 Å². The average molecular weight is 382 g/mol. The van der Waals surface area contributed by atoms with Gasteiger partial charge in [0.05, 0.1) is 18.5 Å². The van der Waals surface area contributed by atoms with Crippen molar-refractivity contribution in [3.05, 3.63) is 65.4 Å². The number of aromatic nitrogens is 3. The Morgan fingerprint density at radius 3 is 2.46 bits per heavy atom. The van der Waals surface area contributed by atoms with E-state index in [4.69, 9.17) is 9.72 Å². The summed E-state index contributed by atoms with van der Waals surface area (Å²) in [6, 6.07) is 16.2. The molecule has 0 aliphatic carbocycles. The number of nitrogens with zero attached hydrogens (tertiary/aromatic N) is 3. The molecule has 0 fully saturated rings. The summed E-state index contributed by atoms with van der Waals surface area (Å²) in [6.45, 7) is 0. The van der Waals surface area contributed by atoms with Crippen molar-refractivity contribution in [2.45, 2.75) is 0 Å². The summed E-state index contributed by atoms with van der Waals surface area (Å²) in [5, 5.41) is 0. The van der Waals surface area contributed by atoms with E-state index in [2.05, 4.69) is 61.6 Å². The Kier molecular flexibility index (Phi) is 3.65. The van der Waals surface area contributed by atoms with Gasteiger partial charge in [-0.25, -0.2) is 4.98 Å². The summed E-state index contributed by atoms with van der Waals surface area (Å²) in [5.41, 5.74) is 4.30. The van der Waals surface area contributed by atoms with Crippen LogP contribution in [-0.4, -0.2) is 21.1 Å². The van der Waals surface area contributed by atoms with Gasteiger partial charge in [-0.1, -0.05) is 28.1 Å². The Bertz CT molecular complexity index is 1010. The van der Waals surface area contributed by atoms with Crippen molar-refractivity contribution in [1.82, 2.24) is 14.0 Å². The average Bonchev–Trinajstić information content (AvgIpc) is 3.15. The summed E-state index contributed by atoms with van der Waals surface area (Å²) >= 11 is 3.51. The van der Waals surface area contributed by atoms with Crippen LogP contribution in [0.25, 0.3) is 28.3 Å². The molecule has 120 valence electrons. The van der Waals surface area contributed by atoms with Gasteiger partial charge in [0.15, 0.2) is 0 Å². The predicted molar refractivity (Wildman–Crippen MR) is 99.3 cm³/mol. The number of ether oxygens (including phenoxy) is 1. The van der Waals surface area contributed by atoms with Gasteiger partial charge in [0, 0.05) is 29.5 Å². The molecule has 2 aromatic carbocycles. The van der Waals surface area contributed by atoms with E-state index in [1.807, 2.05) is 31.3 Å². The van der Waals surface area contributed by atoms with Gasteiger partial charge < -0.3 is 9.30 Å². The fraction of sp³-hybridized carbons (Fsp3) is 0.105. The smallest absolute Gasteiger partial charge is 0.214 e. The van der Waals surface area contributed by atoms with E-state index in [-0.39, 0.29) is 0 Å². The SMILES string of the molecule is COc1ccc(-c2cn3cc(-c4cccc(Br)c4)nc3n2C)cc1. The highest BCUT2D eigenvalue weighted by Crippen LogP contribution is 2.27. The number of aryl methyl sites for hydroxylation is 1. The van der Waals surface area contributed by atoms with Crippen LogP contribution in [0.4, 0.5) is 0 Å². The molecule has 0 radical (unpaired) electrons. The zero-order valence-corrected chi connectivity index (χ0v) is 15.0. The van der Waals surface area contributed by atoms with E-state index >= 15 is 0 Å². The first-order valence-electron chi connectivity index (χ1n) is 7.60. The van der Waals surface area contributed by atoms with Crippen molar-refractivity contribution in [2.24, 2.45) is 7.05 Å². The quantitative estimate of drug-likeness (QED) is 0.511. The van der Waals surface area contributed by atoms with Crippen molar-refractivity contribution in [3.63, 3.8) is 0 Å². The molecule has 4 aromatic rings. The molecule has 4 rings (SSSR count). The lowest BCUT2D eigenvalue weighted by atomic mass is 10.1. The fourth-order valence-electron chi connectivity index (χ4n) is 2.87. The van der Waals surface area contributed by atoms with Crippen LogP contribution in [0.5, 0.6) is 5.75 Å². The van der Waals surface area contributed by atoms with Gasteiger partial charge in [-0.05, 0) is 42.0 Å². The van der Waals surface area contributed by atoms with Crippen LogP contribution >= 0.6 is 15.9 Å². The molecule has 2 aromatic heterocycles. The van der Waals surface area contributed by atoms with E-state index in [1.165, 1.54) is 0 Å². The Morgan fingerprint density at radius 1 is 1.00 bits per heavy atom. The zero-order chi connectivity index (χ0) is 16.7. The molecule has 24 heavy (non-hydrogen) atoms. The molecule has 0 aliphatic rings. The lowest BCUT2D eigenvalue weighted by Crippen LogP contribution is -1.93. The van der Waals surface area contributed by atoms with Crippen molar-refractivity contribution in [3.8, 4) is 28.3 Å². The van der Waals surface area contributed by atoms with Gasteiger partial charge in [0.1, 0.15) is 5.75 Å². The van der Waals surface area contributed by atoms with E-state index in [0.717, 1.165) is 38.5 Å². The first-order valence-corrected chi connectivity index (χ1v) is 8.40. The van der Waals surface area contributed by atoms with Crippen LogP contribution in [0, 0.1) is 0 Å². The molecule has 0 bridgehead atoms. The maximum absolute atomic E-state index is 5.23. The van der Waals surface area contributed by atoms with E-state index in [1.54, 1.807) is 7.11 Å². The number of hydrogen-bond acceptors (Lipinski definition) is 2. The topological polar surface area (TPSA) is 31.5 Å². The normalized spacial score (nSPS) is 11.1. The summed E-state index contributed by atoms with van der Waals surface area (Å²) in [4.78, 5) is 4.78. The van der Waals surface area contributed by atoms with Gasteiger partial charge in [0.25, 0.3) is 0 Å². The maximum Gasteiger partial charge on any atom is 0.214 e. The Morgan fingerprint density at radius 2 is 1.79 bits per heavy atom. The Hall–Kier alpha value is -2.53. The minimum absolute atomic E-state index is 0.856. The van der Waals surface area contributed by atoms with E-state index in [9.17, 15) is 0 Å². The molecule has 0 aliphatic heterocycles. The van der Waals surface area contributed by atoms with Crippen LogP contribution in [0.2, 0.25) is 0 Å². The summed E-state index contributed by atoms with van der Waals surface area (Å²) in [6.07, 6.45) is 4.16. The highest BCUT2D eigenvalue weighted by atomic mass is 79.9. The number of imidazole rings is 2. The number of hydrogen-bond donors (Lipinski definition) is 0. The van der Waals surface area contributed by atoms with Crippen LogP contribution in [0.3, 0.4) is 0 Å². The standard InChI is InChI=1S/C19H16BrN3O/c1-22-18(13-6-8-16(24-2)9-7-13)12-23-11-17(21-19(22)23)14-4-3-5-15(20)10-14/h3-12H,1-2H3. The third-order valence-corrected chi connectivity index (χ3v) is 4.63. The summed E-state index contributed by atoms with van der Waals surface area (Å²) < 4.78 is 10.4. The summed E-state index contributed by atoms with van der Waals surface area (Å²) in [5.74, 6) is 1.77. The Balaban J connectivity index is 1.77. The number of fused-ring (bicyclic) bond motifs is 1. The molecule has 0 unspecified atom stereocenters. The van der Waals surface area contributed by atoms with Gasteiger partial charge in [-0.15, -0.1) is 0 Å². The van der Waals surface area contributed by atoms with Gasteiger partial charge in [-0.2, -0.15) is 0 Å². The molecule has 0 atom stereocenters. The van der Waals surface area contributed by atoms with Crippen LogP contribution < -0.4 is 4.74 Å². The third-order valence-electron chi connectivity index (χ3n) is 4.14. The second kappa shape index (κ2) is 5.83. The van der Waals surface area contributed by atoms with Crippen molar-refractivity contribution < 1.29 is 4.74 Å². The number of rotatable bonds is 3. The molecule has 4 nitrogen and oxygen atoms in total. The molecular formula is C19H16BrN3O. The van der Waals surface area contributed by atoms with Crippen LogP contribution in [0.1, 0.15) is 0 Å². The largest absolute Gasteiger partial charge is 0.497 e. The molecule has 0 saturated heterocycles. The molecule has 0 amide bonds. The zero-order valence-electron chi connectivity index (χ0n) is 13.4. The second-order valence-electron chi connectivity index (χ2n) is 5.65. The van der Waals surface area contributed by atoms with E-state index < -0.39 is 0 Å². The lowest BCUT2D eigenvalue weighted by molar-refractivity contribution is 0.415. The van der Waals surface area contributed by atoms with Crippen LogP contribution in [-0.2, 0) is 7.05 Å².